The molecule has 0 amide bonds. The lowest BCUT2D eigenvalue weighted by molar-refractivity contribution is 0.0697. The molecule has 0 aromatic heterocycles. The van der Waals surface area contributed by atoms with Gasteiger partial charge in [-0.15, -0.1) is 0 Å². The highest BCUT2D eigenvalue weighted by Crippen LogP contribution is 2.20. The molecule has 14 heavy (non-hydrogen) atoms. The van der Waals surface area contributed by atoms with Crippen molar-refractivity contribution in [3.8, 4) is 0 Å². The van der Waals surface area contributed by atoms with E-state index in [1.54, 1.807) is 0 Å². The second kappa shape index (κ2) is 6.68. The smallest absolute Gasteiger partial charge is 0.337 e. The van der Waals surface area contributed by atoms with Gasteiger partial charge in [0.25, 0.3) is 0 Å². The van der Waals surface area contributed by atoms with E-state index in [-0.39, 0.29) is 10.6 Å². The van der Waals surface area contributed by atoms with E-state index in [0.717, 1.165) is 0 Å². The van der Waals surface area contributed by atoms with Crippen molar-refractivity contribution >= 4 is 29.2 Å². The first-order valence-electron chi connectivity index (χ1n) is 4.21. The standard InChI is InChI=1S/C7H4Cl2O2.C3H8/c8-4-1-2-5(7(10)11)6(9)3-4;1-3-2/h1-3H,(H,10,11);3H2,1-2H3. The largest absolute Gasteiger partial charge is 0.478 e. The van der Waals surface area contributed by atoms with Gasteiger partial charge in [-0.3, -0.25) is 0 Å². The molecule has 0 bridgehead atoms. The highest BCUT2D eigenvalue weighted by atomic mass is 35.5. The lowest BCUT2D eigenvalue weighted by Gasteiger charge is -1.96. The molecule has 2 nitrogen and oxygen atoms in total. The predicted octanol–water partition coefficient (Wildman–Crippen LogP) is 4.11. The van der Waals surface area contributed by atoms with E-state index < -0.39 is 5.97 Å². The molecule has 1 rings (SSSR count). The minimum atomic E-state index is -1.05. The van der Waals surface area contributed by atoms with E-state index in [1.165, 1.54) is 24.6 Å². The van der Waals surface area contributed by atoms with Crippen molar-refractivity contribution in [1.82, 2.24) is 0 Å². The highest BCUT2D eigenvalue weighted by molar-refractivity contribution is 6.36. The van der Waals surface area contributed by atoms with Crippen LogP contribution >= 0.6 is 23.2 Å². The van der Waals surface area contributed by atoms with Gasteiger partial charge in [-0.25, -0.2) is 4.79 Å². The van der Waals surface area contributed by atoms with Crippen molar-refractivity contribution in [3.63, 3.8) is 0 Å². The van der Waals surface area contributed by atoms with Crippen LogP contribution in [0.5, 0.6) is 0 Å². The second-order valence-electron chi connectivity index (χ2n) is 2.64. The van der Waals surface area contributed by atoms with Crippen LogP contribution < -0.4 is 0 Å². The van der Waals surface area contributed by atoms with Crippen LogP contribution in [0.4, 0.5) is 0 Å². The van der Waals surface area contributed by atoms with Crippen LogP contribution in [0.1, 0.15) is 30.6 Å². The minimum Gasteiger partial charge on any atom is -0.478 e. The Labute approximate surface area is 93.5 Å². The maximum absolute atomic E-state index is 10.4. The van der Waals surface area contributed by atoms with Crippen LogP contribution in [0.15, 0.2) is 18.2 Å². The molecule has 0 unspecified atom stereocenters. The minimum absolute atomic E-state index is 0.0658. The fourth-order valence-electron chi connectivity index (χ4n) is 0.663. The Bertz CT molecular complexity index is 311. The molecule has 4 heteroatoms. The molecule has 0 saturated heterocycles. The summed E-state index contributed by atoms with van der Waals surface area (Å²) in [5.74, 6) is -1.05. The number of rotatable bonds is 1. The molecule has 78 valence electrons. The van der Waals surface area contributed by atoms with Crippen molar-refractivity contribution < 1.29 is 9.90 Å². The second-order valence-corrected chi connectivity index (χ2v) is 3.48. The molecule has 0 aliphatic carbocycles. The Balaban J connectivity index is 0.000000500. The Kier molecular flexibility index (Phi) is 6.34. The SMILES string of the molecule is CCC.O=C(O)c1ccc(Cl)cc1Cl. The average Bonchev–Trinajstić information content (AvgIpc) is 2.04. The molecular formula is C10H12Cl2O2. The first-order chi connectivity index (χ1) is 6.52. The molecule has 0 heterocycles. The third-order valence-electron chi connectivity index (χ3n) is 1.16. The number of carbonyl (C=O) groups is 1. The fraction of sp³-hybridized carbons (Fsp3) is 0.300. The Morgan fingerprint density at radius 3 is 2.21 bits per heavy atom. The molecule has 0 aliphatic rings. The first-order valence-corrected chi connectivity index (χ1v) is 4.96. The molecule has 1 aromatic carbocycles. The van der Waals surface area contributed by atoms with Crippen LogP contribution in [0.2, 0.25) is 10.0 Å². The summed E-state index contributed by atoms with van der Waals surface area (Å²) < 4.78 is 0. The molecular weight excluding hydrogens is 223 g/mol. The lowest BCUT2D eigenvalue weighted by Crippen LogP contribution is -1.96. The lowest BCUT2D eigenvalue weighted by atomic mass is 10.2. The Morgan fingerprint density at radius 1 is 1.36 bits per heavy atom. The van der Waals surface area contributed by atoms with E-state index >= 15 is 0 Å². The predicted molar refractivity (Wildman–Crippen MR) is 59.4 cm³/mol. The quantitative estimate of drug-likeness (QED) is 0.795. The number of hydrogen-bond donors (Lipinski definition) is 1. The zero-order chi connectivity index (χ0) is 11.1. The van der Waals surface area contributed by atoms with E-state index in [1.807, 2.05) is 0 Å². The maximum Gasteiger partial charge on any atom is 0.337 e. The number of aromatic carboxylic acids is 1. The van der Waals surface area contributed by atoms with E-state index in [4.69, 9.17) is 28.3 Å². The normalized spacial score (nSPS) is 8.86. The number of carboxylic acids is 1. The van der Waals surface area contributed by atoms with Gasteiger partial charge in [0.2, 0.25) is 0 Å². The molecule has 0 radical (unpaired) electrons. The van der Waals surface area contributed by atoms with Gasteiger partial charge < -0.3 is 5.11 Å². The molecule has 0 saturated carbocycles. The molecule has 1 N–H and O–H groups in total. The van der Waals surface area contributed by atoms with Gasteiger partial charge in [-0.1, -0.05) is 43.5 Å². The van der Waals surface area contributed by atoms with Crippen molar-refractivity contribution in [2.24, 2.45) is 0 Å². The summed E-state index contributed by atoms with van der Waals surface area (Å²) in [6.45, 7) is 4.25. The molecule has 0 atom stereocenters. The monoisotopic (exact) mass is 234 g/mol. The summed E-state index contributed by atoms with van der Waals surface area (Å²) in [5.41, 5.74) is 0.0658. The molecule has 1 aromatic rings. The van der Waals surface area contributed by atoms with Gasteiger partial charge in [0.05, 0.1) is 10.6 Å². The third kappa shape index (κ3) is 4.49. The molecule has 0 aliphatic heterocycles. The van der Waals surface area contributed by atoms with E-state index in [2.05, 4.69) is 13.8 Å². The molecule has 0 spiro atoms. The van der Waals surface area contributed by atoms with Crippen LogP contribution in [0.25, 0.3) is 0 Å². The van der Waals surface area contributed by atoms with Crippen LogP contribution in [-0.4, -0.2) is 11.1 Å². The summed E-state index contributed by atoms with van der Waals surface area (Å²) >= 11 is 11.1. The Morgan fingerprint density at radius 2 is 1.86 bits per heavy atom. The summed E-state index contributed by atoms with van der Waals surface area (Å²) in [7, 11) is 0. The number of hydrogen-bond acceptors (Lipinski definition) is 1. The van der Waals surface area contributed by atoms with Gasteiger partial charge in [0.15, 0.2) is 0 Å². The van der Waals surface area contributed by atoms with Gasteiger partial charge in [0, 0.05) is 5.02 Å². The number of benzene rings is 1. The van der Waals surface area contributed by atoms with Gasteiger partial charge in [0.1, 0.15) is 0 Å². The van der Waals surface area contributed by atoms with E-state index in [9.17, 15) is 4.79 Å². The highest BCUT2D eigenvalue weighted by Gasteiger charge is 2.07. The van der Waals surface area contributed by atoms with Gasteiger partial charge in [-0.05, 0) is 18.2 Å². The van der Waals surface area contributed by atoms with Gasteiger partial charge in [-0.2, -0.15) is 0 Å². The third-order valence-corrected chi connectivity index (χ3v) is 1.71. The summed E-state index contributed by atoms with van der Waals surface area (Å²) in [4.78, 5) is 10.4. The van der Waals surface area contributed by atoms with Gasteiger partial charge >= 0.3 is 5.97 Å². The van der Waals surface area contributed by atoms with E-state index in [0.29, 0.717) is 5.02 Å². The number of halogens is 2. The van der Waals surface area contributed by atoms with Crippen LogP contribution in [0.3, 0.4) is 0 Å². The van der Waals surface area contributed by atoms with Crippen molar-refractivity contribution in [2.75, 3.05) is 0 Å². The summed E-state index contributed by atoms with van der Waals surface area (Å²) in [6, 6.07) is 4.25. The zero-order valence-electron chi connectivity index (χ0n) is 8.05. The van der Waals surface area contributed by atoms with Crippen LogP contribution in [-0.2, 0) is 0 Å². The Hall–Kier alpha value is -0.730. The topological polar surface area (TPSA) is 37.3 Å². The van der Waals surface area contributed by atoms with Crippen molar-refractivity contribution in [3.05, 3.63) is 33.8 Å². The average molecular weight is 235 g/mol. The van der Waals surface area contributed by atoms with Crippen molar-refractivity contribution in [1.29, 1.82) is 0 Å². The fourth-order valence-corrected chi connectivity index (χ4v) is 1.15. The molecule has 0 fully saturated rings. The first kappa shape index (κ1) is 13.3. The summed E-state index contributed by atoms with van der Waals surface area (Å²) in [5, 5.41) is 9.12. The summed E-state index contributed by atoms with van der Waals surface area (Å²) in [6.07, 6.45) is 1.25. The maximum atomic E-state index is 10.4. The van der Waals surface area contributed by atoms with Crippen molar-refractivity contribution in [2.45, 2.75) is 20.3 Å². The zero-order valence-corrected chi connectivity index (χ0v) is 9.56. The number of carboxylic acid groups (broad SMARTS) is 1. The van der Waals surface area contributed by atoms with Crippen LogP contribution in [0, 0.1) is 0 Å².